The van der Waals surface area contributed by atoms with Gasteiger partial charge in [0.1, 0.15) is 5.82 Å². The van der Waals surface area contributed by atoms with E-state index in [-0.39, 0.29) is 5.56 Å². The zero-order chi connectivity index (χ0) is 11.8. The van der Waals surface area contributed by atoms with Gasteiger partial charge in [0.05, 0.1) is 12.4 Å². The van der Waals surface area contributed by atoms with Crippen molar-refractivity contribution in [3.8, 4) is 0 Å². The summed E-state index contributed by atoms with van der Waals surface area (Å²) in [5.41, 5.74) is -0.0301. The maximum Gasteiger partial charge on any atom is 0.255 e. The first-order chi connectivity index (χ1) is 8.24. The molecule has 1 aliphatic rings. The molecule has 3 heterocycles. The average Bonchev–Trinajstić information content (AvgIpc) is 2.74. The first-order valence-electron chi connectivity index (χ1n) is 5.51. The lowest BCUT2D eigenvalue weighted by Crippen LogP contribution is -2.48. The lowest BCUT2D eigenvalue weighted by atomic mass is 10.1. The molecule has 0 amide bonds. The molecule has 1 aliphatic heterocycles. The minimum absolute atomic E-state index is 0.0301. The Bertz CT molecular complexity index is 568. The van der Waals surface area contributed by atoms with E-state index in [1.54, 1.807) is 25.6 Å². The van der Waals surface area contributed by atoms with Crippen LogP contribution in [0.2, 0.25) is 0 Å². The van der Waals surface area contributed by atoms with Crippen LogP contribution in [0.15, 0.2) is 35.6 Å². The Morgan fingerprint density at radius 3 is 2.88 bits per heavy atom. The molecule has 88 valence electrons. The van der Waals surface area contributed by atoms with E-state index in [0.29, 0.717) is 6.04 Å². The zero-order valence-electron chi connectivity index (χ0n) is 9.52. The summed E-state index contributed by atoms with van der Waals surface area (Å²) in [6.45, 7) is 1.70. The molecule has 1 fully saturated rings. The molecule has 0 saturated carbocycles. The summed E-state index contributed by atoms with van der Waals surface area (Å²) in [4.78, 5) is 17.8. The number of anilines is 1. The molecule has 3 rings (SSSR count). The second-order valence-electron chi connectivity index (χ2n) is 4.24. The minimum Gasteiger partial charge on any atom is -0.352 e. The fraction of sp³-hybridized carbons (Fsp3) is 0.364. The van der Waals surface area contributed by atoms with Crippen LogP contribution in [0.5, 0.6) is 0 Å². The zero-order valence-corrected chi connectivity index (χ0v) is 9.52. The van der Waals surface area contributed by atoms with E-state index in [2.05, 4.69) is 15.0 Å². The highest BCUT2D eigenvalue weighted by molar-refractivity contribution is 5.40. The van der Waals surface area contributed by atoms with E-state index in [1.807, 2.05) is 16.9 Å². The van der Waals surface area contributed by atoms with Gasteiger partial charge in [-0.25, -0.2) is 4.98 Å². The minimum atomic E-state index is -0.0301. The lowest BCUT2D eigenvalue weighted by Gasteiger charge is -2.39. The molecule has 17 heavy (non-hydrogen) atoms. The number of aryl methyl sites for hydroxylation is 1. The van der Waals surface area contributed by atoms with Crippen LogP contribution in [-0.4, -0.2) is 32.4 Å². The van der Waals surface area contributed by atoms with Crippen molar-refractivity contribution >= 4 is 5.82 Å². The van der Waals surface area contributed by atoms with E-state index in [9.17, 15) is 4.79 Å². The van der Waals surface area contributed by atoms with E-state index >= 15 is 0 Å². The van der Waals surface area contributed by atoms with Gasteiger partial charge in [0.15, 0.2) is 0 Å². The molecule has 2 aromatic heterocycles. The Labute approximate surface area is 98.1 Å². The quantitative estimate of drug-likeness (QED) is 0.732. The van der Waals surface area contributed by atoms with Crippen molar-refractivity contribution < 1.29 is 0 Å². The molecule has 0 unspecified atom stereocenters. The van der Waals surface area contributed by atoms with E-state index < -0.39 is 0 Å². The topological polar surface area (TPSA) is 56.0 Å². The van der Waals surface area contributed by atoms with Crippen LogP contribution in [0, 0.1) is 0 Å². The molecule has 1 saturated heterocycles. The van der Waals surface area contributed by atoms with Gasteiger partial charge in [-0.3, -0.25) is 9.48 Å². The fourth-order valence-electron chi connectivity index (χ4n) is 1.93. The maximum atomic E-state index is 11.5. The smallest absolute Gasteiger partial charge is 0.255 e. The van der Waals surface area contributed by atoms with Crippen LogP contribution >= 0.6 is 0 Å². The van der Waals surface area contributed by atoms with Crippen molar-refractivity contribution in [3.05, 3.63) is 41.2 Å². The Balaban J connectivity index is 1.73. The Kier molecular flexibility index (Phi) is 2.21. The van der Waals surface area contributed by atoms with Gasteiger partial charge in [-0.2, -0.15) is 5.10 Å². The summed E-state index contributed by atoms with van der Waals surface area (Å²) >= 11 is 0. The standard InChI is InChI=1S/C11H13N5O/c1-14-8-12-10(5-11(14)17)15-6-9(7-15)16-4-2-3-13-16/h2-5,8-9H,6-7H2,1H3. The van der Waals surface area contributed by atoms with E-state index in [4.69, 9.17) is 0 Å². The Hall–Kier alpha value is -2.11. The van der Waals surface area contributed by atoms with Gasteiger partial charge in [0.25, 0.3) is 5.56 Å². The van der Waals surface area contributed by atoms with Crippen LogP contribution in [0.4, 0.5) is 5.82 Å². The number of hydrogen-bond acceptors (Lipinski definition) is 4. The lowest BCUT2D eigenvalue weighted by molar-refractivity contribution is 0.365. The second-order valence-corrected chi connectivity index (χ2v) is 4.24. The molecule has 0 N–H and O–H groups in total. The highest BCUT2D eigenvalue weighted by atomic mass is 16.1. The molecule has 0 atom stereocenters. The monoisotopic (exact) mass is 231 g/mol. The summed E-state index contributed by atoms with van der Waals surface area (Å²) in [6, 6.07) is 3.87. The number of aromatic nitrogens is 4. The van der Waals surface area contributed by atoms with Crippen molar-refractivity contribution in [1.29, 1.82) is 0 Å². The highest BCUT2D eigenvalue weighted by Crippen LogP contribution is 2.24. The van der Waals surface area contributed by atoms with Crippen molar-refractivity contribution in [3.63, 3.8) is 0 Å². The third-order valence-corrected chi connectivity index (χ3v) is 3.05. The molecule has 0 radical (unpaired) electrons. The van der Waals surface area contributed by atoms with Crippen LogP contribution in [0.1, 0.15) is 6.04 Å². The molecular weight excluding hydrogens is 218 g/mol. The molecule has 0 aliphatic carbocycles. The van der Waals surface area contributed by atoms with Crippen molar-refractivity contribution in [1.82, 2.24) is 19.3 Å². The summed E-state index contributed by atoms with van der Waals surface area (Å²) in [5.74, 6) is 0.747. The number of hydrogen-bond donors (Lipinski definition) is 0. The first kappa shape index (κ1) is 10.1. The second kappa shape index (κ2) is 3.73. The fourth-order valence-corrected chi connectivity index (χ4v) is 1.93. The predicted molar refractivity (Wildman–Crippen MR) is 63.0 cm³/mol. The Morgan fingerprint density at radius 1 is 1.41 bits per heavy atom. The van der Waals surface area contributed by atoms with Gasteiger partial charge in [0.2, 0.25) is 0 Å². The summed E-state index contributed by atoms with van der Waals surface area (Å²) in [6.07, 6.45) is 5.29. The first-order valence-corrected chi connectivity index (χ1v) is 5.51. The van der Waals surface area contributed by atoms with Gasteiger partial charge in [-0.15, -0.1) is 0 Å². The molecule has 6 nitrogen and oxygen atoms in total. The molecule has 6 heteroatoms. The molecule has 0 spiro atoms. The molecule has 0 bridgehead atoms. The maximum absolute atomic E-state index is 11.5. The van der Waals surface area contributed by atoms with Crippen LogP contribution in [-0.2, 0) is 7.05 Å². The van der Waals surface area contributed by atoms with Gasteiger partial charge < -0.3 is 9.47 Å². The summed E-state index contributed by atoms with van der Waals surface area (Å²) in [5, 5.41) is 4.20. The van der Waals surface area contributed by atoms with Crippen LogP contribution < -0.4 is 10.5 Å². The van der Waals surface area contributed by atoms with Gasteiger partial charge in [-0.05, 0) is 6.07 Å². The predicted octanol–water partition coefficient (Wildman–Crippen LogP) is 0.0381. The molecular formula is C11H13N5O. The summed E-state index contributed by atoms with van der Waals surface area (Å²) in [7, 11) is 1.70. The number of rotatable bonds is 2. The van der Waals surface area contributed by atoms with Crippen LogP contribution in [0.25, 0.3) is 0 Å². The highest BCUT2D eigenvalue weighted by Gasteiger charge is 2.29. The van der Waals surface area contributed by atoms with Crippen LogP contribution in [0.3, 0.4) is 0 Å². The van der Waals surface area contributed by atoms with Gasteiger partial charge in [-0.1, -0.05) is 0 Å². The average molecular weight is 231 g/mol. The molecule has 2 aromatic rings. The van der Waals surface area contributed by atoms with Crippen molar-refractivity contribution in [2.45, 2.75) is 6.04 Å². The Morgan fingerprint density at radius 2 is 2.24 bits per heavy atom. The SMILES string of the molecule is Cn1cnc(N2CC(n3cccn3)C2)cc1=O. The largest absolute Gasteiger partial charge is 0.352 e. The van der Waals surface area contributed by atoms with Gasteiger partial charge in [0, 0.05) is 38.6 Å². The number of nitrogens with zero attached hydrogens (tertiary/aromatic N) is 5. The molecule has 0 aromatic carbocycles. The summed E-state index contributed by atoms with van der Waals surface area (Å²) < 4.78 is 3.41. The van der Waals surface area contributed by atoms with Gasteiger partial charge >= 0.3 is 0 Å². The van der Waals surface area contributed by atoms with E-state index in [0.717, 1.165) is 18.9 Å². The van der Waals surface area contributed by atoms with E-state index in [1.165, 1.54) is 4.57 Å². The normalized spacial score (nSPS) is 15.9. The third kappa shape index (κ3) is 1.71. The van der Waals surface area contributed by atoms with Crippen molar-refractivity contribution in [2.75, 3.05) is 18.0 Å². The van der Waals surface area contributed by atoms with Crippen molar-refractivity contribution in [2.24, 2.45) is 7.05 Å². The third-order valence-electron chi connectivity index (χ3n) is 3.05.